The van der Waals surface area contributed by atoms with Crippen molar-refractivity contribution in [3.63, 3.8) is 0 Å². The van der Waals surface area contributed by atoms with Gasteiger partial charge in [0.1, 0.15) is 0 Å². The quantitative estimate of drug-likeness (QED) is 0.127. The van der Waals surface area contributed by atoms with E-state index >= 15 is 0 Å². The van der Waals surface area contributed by atoms with Crippen molar-refractivity contribution in [1.82, 2.24) is 0 Å². The fourth-order valence-electron chi connectivity index (χ4n) is 10.2. The Morgan fingerprint density at radius 3 is 0.734 bits per heavy atom. The van der Waals surface area contributed by atoms with Crippen LogP contribution in [0.1, 0.15) is 11.1 Å². The lowest BCUT2D eigenvalue weighted by molar-refractivity contribution is 1.38. The van der Waals surface area contributed by atoms with Gasteiger partial charge in [0.25, 0.3) is 0 Å². The Morgan fingerprint density at radius 2 is 0.438 bits per heavy atom. The van der Waals surface area contributed by atoms with Crippen LogP contribution in [0.3, 0.4) is 0 Å². The van der Waals surface area contributed by atoms with Crippen LogP contribution in [0.2, 0.25) is 0 Å². The van der Waals surface area contributed by atoms with Gasteiger partial charge < -0.3 is 0 Å². The molecule has 12 aromatic rings. The average molecular weight is 851 g/mol. The molecule has 302 valence electrons. The Hall–Kier alpha value is -6.94. The molecule has 12 aromatic carbocycles. The summed E-state index contributed by atoms with van der Waals surface area (Å²) in [6, 6.07) is 91.5. The van der Waals surface area contributed by atoms with Crippen LogP contribution in [0.4, 0.5) is 0 Å². The summed E-state index contributed by atoms with van der Waals surface area (Å²) in [7, 11) is -1.73. The molecule has 0 unspecified atom stereocenters. The van der Waals surface area contributed by atoms with E-state index in [1.165, 1.54) is 108 Å². The highest BCUT2D eigenvalue weighted by molar-refractivity contribution is 7.73. The van der Waals surface area contributed by atoms with Crippen LogP contribution in [-0.4, -0.2) is 0 Å². The molecule has 0 nitrogen and oxygen atoms in total. The Morgan fingerprint density at radius 1 is 0.203 bits per heavy atom. The van der Waals surface area contributed by atoms with Gasteiger partial charge in [0.2, 0.25) is 0 Å². The zero-order chi connectivity index (χ0) is 42.4. The molecular formula is C62H44P2. The zero-order valence-electron chi connectivity index (χ0n) is 35.4. The first kappa shape index (κ1) is 38.7. The summed E-state index contributed by atoms with van der Waals surface area (Å²) in [4.78, 5) is 0. The number of benzene rings is 12. The van der Waals surface area contributed by atoms with E-state index in [4.69, 9.17) is 0 Å². The highest BCUT2D eigenvalue weighted by Gasteiger charge is 2.26. The van der Waals surface area contributed by atoms with Crippen molar-refractivity contribution >= 4 is 102 Å². The Balaban J connectivity index is 1.13. The SMILES string of the molecule is c1ccc2c(P(Cc3ccc4ccccc4c3-c3c(CP(c4cccc5ccccc45)c4cccc5ccccc45)ccc4ccccc34)c3cccc4ccccc34)cccc2c1. The Bertz CT molecular complexity index is 3290. The molecule has 64 heavy (non-hydrogen) atoms. The molecule has 0 saturated heterocycles. The summed E-state index contributed by atoms with van der Waals surface area (Å²) in [5, 5.41) is 21.4. The molecule has 0 aliphatic carbocycles. The summed E-state index contributed by atoms with van der Waals surface area (Å²) >= 11 is 0. The molecule has 0 aliphatic rings. The van der Waals surface area contributed by atoms with E-state index in [0.717, 1.165) is 12.3 Å². The van der Waals surface area contributed by atoms with Crippen LogP contribution in [0.5, 0.6) is 0 Å². The molecule has 0 amide bonds. The summed E-state index contributed by atoms with van der Waals surface area (Å²) in [6.45, 7) is 0. The van der Waals surface area contributed by atoms with Crippen molar-refractivity contribution in [2.24, 2.45) is 0 Å². The highest BCUT2D eigenvalue weighted by atomic mass is 31.1. The minimum atomic E-state index is -0.866. The summed E-state index contributed by atoms with van der Waals surface area (Å²) in [6.07, 6.45) is 1.81. The van der Waals surface area contributed by atoms with Gasteiger partial charge in [-0.25, -0.2) is 0 Å². The second-order valence-corrected chi connectivity index (χ2v) is 21.1. The smallest absolute Gasteiger partial charge is 0.00142 e. The molecule has 12 rings (SSSR count). The van der Waals surface area contributed by atoms with Crippen molar-refractivity contribution in [3.8, 4) is 11.1 Å². The first-order chi connectivity index (χ1) is 31.8. The maximum Gasteiger partial charge on any atom is 0.00142 e. The average Bonchev–Trinajstić information content (AvgIpc) is 3.36. The van der Waals surface area contributed by atoms with Crippen LogP contribution < -0.4 is 21.2 Å². The minimum absolute atomic E-state index is 0.866. The standard InChI is InChI=1S/C62H44P2/c1-7-27-51-43(17-1)23-13-33-57(51)63(58-34-14-24-44-18-2-8-28-52(44)58)41-49-39-37-47-21-5-11-31-55(47)61(49)62-50(40-38-48-22-6-12-32-56(48)62)42-64(59-35-15-25-45-19-3-9-29-53(45)59)60-36-16-26-46-20-4-10-30-54(46)60/h1-40H,41-42H2. The highest BCUT2D eigenvalue weighted by Crippen LogP contribution is 2.50. The zero-order valence-corrected chi connectivity index (χ0v) is 37.2. The lowest BCUT2D eigenvalue weighted by atomic mass is 9.88. The Labute approximate surface area is 377 Å². The summed E-state index contributed by atoms with van der Waals surface area (Å²) in [5.74, 6) is 0. The van der Waals surface area contributed by atoms with Crippen LogP contribution in [0, 0.1) is 0 Å². The molecule has 0 N–H and O–H groups in total. The van der Waals surface area contributed by atoms with E-state index in [1.807, 2.05) is 0 Å². The van der Waals surface area contributed by atoms with Crippen molar-refractivity contribution in [1.29, 1.82) is 0 Å². The maximum atomic E-state index is 2.47. The minimum Gasteiger partial charge on any atom is -0.0616 e. The van der Waals surface area contributed by atoms with E-state index < -0.39 is 15.8 Å². The van der Waals surface area contributed by atoms with Crippen LogP contribution in [-0.2, 0) is 12.3 Å². The molecule has 0 heterocycles. The normalized spacial score (nSPS) is 11.8. The van der Waals surface area contributed by atoms with Crippen molar-refractivity contribution in [3.05, 3.63) is 254 Å². The van der Waals surface area contributed by atoms with Gasteiger partial charge in [0.05, 0.1) is 0 Å². The van der Waals surface area contributed by atoms with Gasteiger partial charge in [-0.2, -0.15) is 0 Å². The monoisotopic (exact) mass is 850 g/mol. The second kappa shape index (κ2) is 16.6. The van der Waals surface area contributed by atoms with Crippen molar-refractivity contribution in [2.75, 3.05) is 0 Å². The van der Waals surface area contributed by atoms with Gasteiger partial charge >= 0.3 is 0 Å². The van der Waals surface area contributed by atoms with Crippen molar-refractivity contribution < 1.29 is 0 Å². The van der Waals surface area contributed by atoms with Gasteiger partial charge in [-0.1, -0.05) is 243 Å². The molecule has 0 bridgehead atoms. The van der Waals surface area contributed by atoms with Crippen LogP contribution >= 0.6 is 15.8 Å². The lowest BCUT2D eigenvalue weighted by Gasteiger charge is -2.27. The molecule has 0 aromatic heterocycles. The van der Waals surface area contributed by atoms with Gasteiger partial charge in [-0.15, -0.1) is 0 Å². The van der Waals surface area contributed by atoms with Crippen LogP contribution in [0.25, 0.3) is 75.8 Å². The van der Waals surface area contributed by atoms with Gasteiger partial charge in [-0.3, -0.25) is 0 Å². The largest absolute Gasteiger partial charge is 0.0616 e. The molecule has 0 aliphatic heterocycles. The molecule has 0 radical (unpaired) electrons. The molecule has 0 fully saturated rings. The van der Waals surface area contributed by atoms with E-state index in [1.54, 1.807) is 0 Å². The topological polar surface area (TPSA) is 0 Å². The predicted octanol–water partition coefficient (Wildman–Crippen LogP) is 15.5. The predicted molar refractivity (Wildman–Crippen MR) is 282 cm³/mol. The van der Waals surface area contributed by atoms with E-state index in [2.05, 4.69) is 243 Å². The van der Waals surface area contributed by atoms with Gasteiger partial charge in [0, 0.05) is 12.3 Å². The van der Waals surface area contributed by atoms with Gasteiger partial charge in [-0.05, 0) is 124 Å². The third-order valence-corrected chi connectivity index (χ3v) is 18.4. The van der Waals surface area contributed by atoms with Gasteiger partial charge in [0.15, 0.2) is 0 Å². The van der Waals surface area contributed by atoms with E-state index in [0.29, 0.717) is 0 Å². The third kappa shape index (κ3) is 6.87. The molecule has 0 spiro atoms. The van der Waals surface area contributed by atoms with E-state index in [9.17, 15) is 0 Å². The first-order valence-corrected chi connectivity index (χ1v) is 25.3. The van der Waals surface area contributed by atoms with Crippen molar-refractivity contribution in [2.45, 2.75) is 12.3 Å². The van der Waals surface area contributed by atoms with Crippen LogP contribution in [0.15, 0.2) is 243 Å². The molecule has 0 atom stereocenters. The maximum absolute atomic E-state index is 2.47. The second-order valence-electron chi connectivity index (χ2n) is 16.8. The fraction of sp³-hybridized carbons (Fsp3) is 0.0323. The number of hydrogen-bond donors (Lipinski definition) is 0. The third-order valence-electron chi connectivity index (χ3n) is 13.2. The number of rotatable bonds is 9. The first-order valence-electron chi connectivity index (χ1n) is 22.2. The van der Waals surface area contributed by atoms with E-state index in [-0.39, 0.29) is 0 Å². The fourth-order valence-corrected chi connectivity index (χ4v) is 15.7. The Kier molecular flexibility index (Phi) is 10.1. The molecular weight excluding hydrogens is 807 g/mol. The summed E-state index contributed by atoms with van der Waals surface area (Å²) in [5.41, 5.74) is 5.51. The molecule has 2 heteroatoms. The number of fused-ring (bicyclic) bond motifs is 6. The molecule has 0 saturated carbocycles. The lowest BCUT2D eigenvalue weighted by Crippen LogP contribution is -2.16. The number of hydrogen-bond acceptors (Lipinski definition) is 0. The summed E-state index contributed by atoms with van der Waals surface area (Å²) < 4.78 is 0.